The van der Waals surface area contributed by atoms with Crippen LogP contribution in [0.25, 0.3) is 0 Å². The third-order valence-corrected chi connectivity index (χ3v) is 3.98. The number of amides is 2. The molecule has 0 aliphatic carbocycles. The van der Waals surface area contributed by atoms with Crippen molar-refractivity contribution in [2.24, 2.45) is 0 Å². The first-order valence-corrected chi connectivity index (χ1v) is 8.84. The highest BCUT2D eigenvalue weighted by atomic mass is 35.5. The molecule has 2 amide bonds. The number of benzene rings is 1. The molecule has 24 heavy (non-hydrogen) atoms. The summed E-state index contributed by atoms with van der Waals surface area (Å²) in [5, 5.41) is 9.48. The molecular weight excluding hydrogens is 348 g/mol. The molecule has 0 bridgehead atoms. The van der Waals surface area contributed by atoms with Crippen molar-refractivity contribution < 1.29 is 14.3 Å². The van der Waals surface area contributed by atoms with Gasteiger partial charge in [-0.15, -0.1) is 0 Å². The second-order valence-corrected chi connectivity index (χ2v) is 6.57. The number of hydrogen-bond donors (Lipinski definition) is 2. The molecule has 0 aliphatic rings. The lowest BCUT2D eigenvalue weighted by atomic mass is 10.2. The third-order valence-electron chi connectivity index (χ3n) is 3.00. The quantitative estimate of drug-likeness (QED) is 0.779. The molecule has 2 aromatic rings. The molecule has 2 rings (SSSR count). The van der Waals surface area contributed by atoms with E-state index in [4.69, 9.17) is 16.3 Å². The van der Waals surface area contributed by atoms with E-state index < -0.39 is 0 Å². The van der Waals surface area contributed by atoms with Crippen LogP contribution in [0, 0.1) is 0 Å². The highest BCUT2D eigenvalue weighted by Gasteiger charge is 2.09. The number of rotatable bonds is 7. The fraction of sp³-hybridized carbons (Fsp3) is 0.294. The van der Waals surface area contributed by atoms with Gasteiger partial charge in [-0.2, -0.15) is 11.3 Å². The first kappa shape index (κ1) is 18.3. The Bertz CT molecular complexity index is 702. The minimum Gasteiger partial charge on any atom is -0.489 e. The predicted molar refractivity (Wildman–Crippen MR) is 97.1 cm³/mol. The van der Waals surface area contributed by atoms with Crippen LogP contribution < -0.4 is 15.4 Å². The first-order chi connectivity index (χ1) is 11.5. The van der Waals surface area contributed by atoms with E-state index in [1.807, 2.05) is 19.2 Å². The van der Waals surface area contributed by atoms with E-state index in [2.05, 4.69) is 10.6 Å². The molecule has 5 nitrogen and oxygen atoms in total. The summed E-state index contributed by atoms with van der Waals surface area (Å²) >= 11 is 7.58. The molecule has 1 aromatic heterocycles. The Morgan fingerprint density at radius 3 is 2.71 bits per heavy atom. The monoisotopic (exact) mass is 366 g/mol. The summed E-state index contributed by atoms with van der Waals surface area (Å²) in [6.07, 6.45) is 0.201. The maximum Gasteiger partial charge on any atom is 0.252 e. The molecular formula is C17H19ClN2O3S. The van der Waals surface area contributed by atoms with Crippen molar-refractivity contribution in [2.45, 2.75) is 26.4 Å². The summed E-state index contributed by atoms with van der Waals surface area (Å²) in [7, 11) is 0. The van der Waals surface area contributed by atoms with Gasteiger partial charge in [0.1, 0.15) is 5.75 Å². The Hall–Kier alpha value is -2.05. The number of carbonyl (C=O) groups excluding carboxylic acids is 2. The zero-order chi connectivity index (χ0) is 17.5. The van der Waals surface area contributed by atoms with Gasteiger partial charge in [0.2, 0.25) is 5.91 Å². The van der Waals surface area contributed by atoms with Crippen LogP contribution >= 0.6 is 22.9 Å². The van der Waals surface area contributed by atoms with Crippen LogP contribution in [0.2, 0.25) is 5.02 Å². The molecule has 128 valence electrons. The van der Waals surface area contributed by atoms with E-state index in [0.717, 1.165) is 0 Å². The Balaban J connectivity index is 1.80. The average molecular weight is 367 g/mol. The van der Waals surface area contributed by atoms with Gasteiger partial charge in [0.25, 0.3) is 5.91 Å². The molecule has 0 spiro atoms. The van der Waals surface area contributed by atoms with Gasteiger partial charge in [-0.3, -0.25) is 9.59 Å². The van der Waals surface area contributed by atoms with Crippen molar-refractivity contribution in [3.05, 3.63) is 45.6 Å². The molecule has 0 saturated carbocycles. The summed E-state index contributed by atoms with van der Waals surface area (Å²) in [6.45, 7) is 4.09. The van der Waals surface area contributed by atoms with Gasteiger partial charge in [-0.1, -0.05) is 11.6 Å². The lowest BCUT2D eigenvalue weighted by Gasteiger charge is -2.12. The minimum absolute atomic E-state index is 0.0229. The summed E-state index contributed by atoms with van der Waals surface area (Å²) < 4.78 is 5.54. The molecule has 0 fully saturated rings. The van der Waals surface area contributed by atoms with Crippen molar-refractivity contribution in [3.8, 4) is 5.75 Å². The zero-order valence-corrected chi connectivity index (χ0v) is 15.0. The van der Waals surface area contributed by atoms with Crippen LogP contribution in [0.3, 0.4) is 0 Å². The molecule has 1 aromatic carbocycles. The minimum atomic E-state index is -0.200. The van der Waals surface area contributed by atoms with E-state index in [0.29, 0.717) is 22.0 Å². The molecule has 2 N–H and O–H groups in total. The van der Waals surface area contributed by atoms with E-state index in [9.17, 15) is 9.59 Å². The van der Waals surface area contributed by atoms with Crippen LogP contribution in [0.4, 0.5) is 5.69 Å². The first-order valence-electron chi connectivity index (χ1n) is 7.52. The van der Waals surface area contributed by atoms with Gasteiger partial charge in [0, 0.05) is 29.6 Å². The second-order valence-electron chi connectivity index (χ2n) is 5.38. The topological polar surface area (TPSA) is 67.4 Å². The van der Waals surface area contributed by atoms with E-state index in [-0.39, 0.29) is 30.9 Å². The van der Waals surface area contributed by atoms with E-state index >= 15 is 0 Å². The highest BCUT2D eigenvalue weighted by Crippen LogP contribution is 2.28. The number of anilines is 1. The van der Waals surface area contributed by atoms with Gasteiger partial charge in [-0.25, -0.2) is 0 Å². The largest absolute Gasteiger partial charge is 0.489 e. The fourth-order valence-electron chi connectivity index (χ4n) is 1.94. The molecule has 0 radical (unpaired) electrons. The zero-order valence-electron chi connectivity index (χ0n) is 13.5. The average Bonchev–Trinajstić information content (AvgIpc) is 3.04. The summed E-state index contributed by atoms with van der Waals surface area (Å²) in [4.78, 5) is 23.7. The number of hydrogen-bond acceptors (Lipinski definition) is 4. The summed E-state index contributed by atoms with van der Waals surface area (Å²) in [5.74, 6) is 0.198. The molecule has 1 heterocycles. The number of carbonyl (C=O) groups is 2. The molecule has 0 aliphatic heterocycles. The second kappa shape index (κ2) is 8.70. The summed E-state index contributed by atoms with van der Waals surface area (Å²) in [6, 6.07) is 6.83. The van der Waals surface area contributed by atoms with Crippen LogP contribution in [0.5, 0.6) is 5.75 Å². The van der Waals surface area contributed by atoms with Crippen LogP contribution in [0.15, 0.2) is 35.0 Å². The van der Waals surface area contributed by atoms with Gasteiger partial charge in [-0.05, 0) is 43.5 Å². The van der Waals surface area contributed by atoms with E-state index in [1.165, 1.54) is 11.3 Å². The normalized spacial score (nSPS) is 10.5. The number of nitrogens with one attached hydrogen (secondary N) is 2. The van der Waals surface area contributed by atoms with Crippen LogP contribution in [-0.4, -0.2) is 24.5 Å². The van der Waals surface area contributed by atoms with Gasteiger partial charge >= 0.3 is 0 Å². The maximum atomic E-state index is 11.9. The number of thiophene rings is 1. The Labute approximate surface area is 150 Å². The Morgan fingerprint density at radius 2 is 2.08 bits per heavy atom. The van der Waals surface area contributed by atoms with Crippen LogP contribution in [-0.2, 0) is 4.79 Å². The lowest BCUT2D eigenvalue weighted by Crippen LogP contribution is -2.27. The molecule has 7 heteroatoms. The Kier molecular flexibility index (Phi) is 6.63. The maximum absolute atomic E-state index is 11.9. The van der Waals surface area contributed by atoms with Crippen molar-refractivity contribution in [1.82, 2.24) is 5.32 Å². The van der Waals surface area contributed by atoms with Gasteiger partial charge in [0.05, 0.1) is 11.1 Å². The van der Waals surface area contributed by atoms with Crippen molar-refractivity contribution in [3.63, 3.8) is 0 Å². The van der Waals surface area contributed by atoms with Gasteiger partial charge in [0.15, 0.2) is 0 Å². The summed E-state index contributed by atoms with van der Waals surface area (Å²) in [5.41, 5.74) is 1.19. The van der Waals surface area contributed by atoms with Gasteiger partial charge < -0.3 is 15.4 Å². The highest BCUT2D eigenvalue weighted by molar-refractivity contribution is 7.08. The molecule has 0 atom stereocenters. The van der Waals surface area contributed by atoms with Crippen molar-refractivity contribution in [1.29, 1.82) is 0 Å². The molecule has 0 saturated heterocycles. The number of halogens is 1. The lowest BCUT2D eigenvalue weighted by molar-refractivity contribution is -0.116. The molecule has 0 unspecified atom stereocenters. The van der Waals surface area contributed by atoms with Crippen molar-refractivity contribution >= 4 is 40.4 Å². The third kappa shape index (κ3) is 5.54. The predicted octanol–water partition coefficient (Wildman–Crippen LogP) is 3.95. The number of ether oxygens (including phenoxy) is 1. The smallest absolute Gasteiger partial charge is 0.252 e. The fourth-order valence-corrected chi connectivity index (χ4v) is 2.80. The van der Waals surface area contributed by atoms with Crippen LogP contribution in [0.1, 0.15) is 30.6 Å². The van der Waals surface area contributed by atoms with E-state index in [1.54, 1.807) is 29.6 Å². The Morgan fingerprint density at radius 1 is 1.29 bits per heavy atom. The standard InChI is InChI=1S/C17H19ClN2O3S/c1-11(2)23-15-4-3-13(9-14(15)18)20-16(21)5-7-19-17(22)12-6-8-24-10-12/h3-4,6,8-11H,5,7H2,1-2H3,(H,19,22)(H,20,21). The SMILES string of the molecule is CC(C)Oc1ccc(NC(=O)CCNC(=O)c2ccsc2)cc1Cl. The van der Waals surface area contributed by atoms with Crippen molar-refractivity contribution in [2.75, 3.05) is 11.9 Å².